The summed E-state index contributed by atoms with van der Waals surface area (Å²) < 4.78 is 8.37. The van der Waals surface area contributed by atoms with Crippen molar-refractivity contribution in [2.75, 3.05) is 51.7 Å². The molecule has 2 aromatic heterocycles. The maximum atomic E-state index is 6.19. The average Bonchev–Trinajstić information content (AvgIpc) is 3.54. The molecule has 1 saturated heterocycles. The lowest BCUT2D eigenvalue weighted by Crippen LogP contribution is -2.44. The number of nitrogens with two attached hydrogens (primary N) is 1. The highest BCUT2D eigenvalue weighted by Gasteiger charge is 2.23. The van der Waals surface area contributed by atoms with Crippen LogP contribution in [0, 0.1) is 0 Å². The van der Waals surface area contributed by atoms with Gasteiger partial charge in [0.25, 0.3) is 0 Å². The molecule has 1 aliphatic heterocycles. The smallest absolute Gasteiger partial charge is 0.166 e. The molecule has 0 bridgehead atoms. The molecule has 1 atom stereocenters. The third-order valence-corrected chi connectivity index (χ3v) is 7.26. The third kappa shape index (κ3) is 5.72. The Morgan fingerprint density at radius 1 is 1.14 bits per heavy atom. The Kier molecular flexibility index (Phi) is 7.72. The molecule has 0 radical (unpaired) electrons. The summed E-state index contributed by atoms with van der Waals surface area (Å²) in [5.41, 5.74) is 8.46. The number of nitrogens with zero attached hydrogens (tertiary/aromatic N) is 6. The molecular weight excluding hydrogens is 460 g/mol. The number of ether oxygens (including phenoxy) is 1. The summed E-state index contributed by atoms with van der Waals surface area (Å²) in [6.45, 7) is 6.24. The number of hydrogen-bond donors (Lipinski definition) is 3. The molecule has 1 saturated carbocycles. The SMILES string of the molecule is CN1CCN(CCCOc2ccccc2Nc2nc(C(N)S)nc3c2ncn3C2CCCC2)CC1. The van der Waals surface area contributed by atoms with Crippen molar-refractivity contribution in [1.29, 1.82) is 0 Å². The number of para-hydroxylation sites is 2. The summed E-state index contributed by atoms with van der Waals surface area (Å²) in [5.74, 6) is 1.90. The van der Waals surface area contributed by atoms with E-state index in [4.69, 9.17) is 15.5 Å². The van der Waals surface area contributed by atoms with Gasteiger partial charge in [0, 0.05) is 38.8 Å². The number of rotatable bonds is 9. The minimum absolute atomic E-state index is 0.419. The lowest BCUT2D eigenvalue weighted by Gasteiger charge is -2.32. The van der Waals surface area contributed by atoms with Gasteiger partial charge in [-0.15, -0.1) is 0 Å². The number of nitrogens with one attached hydrogen (secondary N) is 1. The Hall–Kier alpha value is -2.40. The van der Waals surface area contributed by atoms with Crippen LogP contribution in [0.4, 0.5) is 11.5 Å². The monoisotopic (exact) mass is 496 g/mol. The van der Waals surface area contributed by atoms with E-state index >= 15 is 0 Å². The van der Waals surface area contributed by atoms with Crippen LogP contribution in [0.5, 0.6) is 5.75 Å². The van der Waals surface area contributed by atoms with Crippen molar-refractivity contribution in [1.82, 2.24) is 29.3 Å². The van der Waals surface area contributed by atoms with E-state index in [0.29, 0.717) is 24.3 Å². The van der Waals surface area contributed by atoms with E-state index in [2.05, 4.69) is 49.3 Å². The normalized spacial score (nSPS) is 18.8. The zero-order chi connectivity index (χ0) is 24.2. The predicted molar refractivity (Wildman–Crippen MR) is 143 cm³/mol. The van der Waals surface area contributed by atoms with Crippen LogP contribution in [0.25, 0.3) is 11.2 Å². The Bertz CT molecular complexity index is 1120. The number of likely N-dealkylation sites (N-methyl/N-ethyl adjacent to an activating group) is 1. The first-order valence-electron chi connectivity index (χ1n) is 12.7. The molecule has 5 rings (SSSR count). The Morgan fingerprint density at radius 3 is 2.69 bits per heavy atom. The van der Waals surface area contributed by atoms with E-state index < -0.39 is 5.37 Å². The highest BCUT2D eigenvalue weighted by atomic mass is 32.1. The van der Waals surface area contributed by atoms with Crippen LogP contribution >= 0.6 is 12.6 Å². The fraction of sp³-hybridized carbons (Fsp3) is 0.560. The minimum atomic E-state index is -0.576. The lowest BCUT2D eigenvalue weighted by atomic mass is 10.2. The van der Waals surface area contributed by atoms with E-state index in [1.54, 1.807) is 0 Å². The zero-order valence-corrected chi connectivity index (χ0v) is 21.3. The largest absolute Gasteiger partial charge is 0.491 e. The lowest BCUT2D eigenvalue weighted by molar-refractivity contribution is 0.145. The molecule has 9 nitrogen and oxygen atoms in total. The van der Waals surface area contributed by atoms with Gasteiger partial charge < -0.3 is 30.2 Å². The van der Waals surface area contributed by atoms with Crippen molar-refractivity contribution in [3.8, 4) is 5.75 Å². The van der Waals surface area contributed by atoms with Crippen LogP contribution < -0.4 is 15.8 Å². The highest BCUT2D eigenvalue weighted by molar-refractivity contribution is 7.80. The number of hydrogen-bond acceptors (Lipinski definition) is 9. The number of fused-ring (bicyclic) bond motifs is 1. The van der Waals surface area contributed by atoms with Gasteiger partial charge in [0.15, 0.2) is 22.8 Å². The first-order chi connectivity index (χ1) is 17.1. The first-order valence-corrected chi connectivity index (χ1v) is 13.2. The summed E-state index contributed by atoms with van der Waals surface area (Å²) in [7, 11) is 2.18. The van der Waals surface area contributed by atoms with Gasteiger partial charge in [-0.1, -0.05) is 25.0 Å². The summed E-state index contributed by atoms with van der Waals surface area (Å²) >= 11 is 4.40. The maximum absolute atomic E-state index is 6.19. The molecule has 2 fully saturated rings. The van der Waals surface area contributed by atoms with Crippen molar-refractivity contribution in [3.05, 3.63) is 36.4 Å². The quantitative estimate of drug-likeness (QED) is 0.235. The molecule has 0 amide bonds. The van der Waals surface area contributed by atoms with Crippen molar-refractivity contribution >= 4 is 35.3 Å². The molecule has 1 aromatic carbocycles. The number of imidazole rings is 1. The van der Waals surface area contributed by atoms with Gasteiger partial charge in [-0.3, -0.25) is 0 Å². The van der Waals surface area contributed by atoms with Crippen LogP contribution in [0.2, 0.25) is 0 Å². The van der Waals surface area contributed by atoms with Crippen molar-refractivity contribution in [2.24, 2.45) is 5.73 Å². The second kappa shape index (κ2) is 11.1. The highest BCUT2D eigenvalue weighted by Crippen LogP contribution is 2.35. The fourth-order valence-corrected chi connectivity index (χ4v) is 5.08. The summed E-state index contributed by atoms with van der Waals surface area (Å²) in [6, 6.07) is 8.38. The zero-order valence-electron chi connectivity index (χ0n) is 20.4. The molecule has 2 aliphatic rings. The van der Waals surface area contributed by atoms with Crippen LogP contribution in [0.3, 0.4) is 0 Å². The van der Waals surface area contributed by atoms with Crippen LogP contribution in [-0.2, 0) is 0 Å². The van der Waals surface area contributed by atoms with Gasteiger partial charge in [-0.05, 0) is 38.4 Å². The molecule has 1 unspecified atom stereocenters. The molecule has 0 spiro atoms. The van der Waals surface area contributed by atoms with Gasteiger partial charge >= 0.3 is 0 Å². The molecule has 1 aliphatic carbocycles. The van der Waals surface area contributed by atoms with Gasteiger partial charge in [-0.25, -0.2) is 15.0 Å². The van der Waals surface area contributed by atoms with Crippen molar-refractivity contribution in [2.45, 2.75) is 43.5 Å². The van der Waals surface area contributed by atoms with Gasteiger partial charge in [0.2, 0.25) is 0 Å². The number of benzene rings is 1. The van der Waals surface area contributed by atoms with Crippen LogP contribution in [0.1, 0.15) is 49.3 Å². The first kappa shape index (κ1) is 24.3. The standard InChI is InChI=1S/C25H36N8OS/c1-31-12-14-32(15-13-31)11-6-16-34-20-10-5-4-9-19(20)28-23-21-25(30-24(29-23)22(26)35)33(17-27-21)18-7-2-3-8-18/h4-5,9-10,17-18,22,35H,2-3,6-8,11-16,26H2,1H3,(H,28,29,30). The Morgan fingerprint density at radius 2 is 1.91 bits per heavy atom. The minimum Gasteiger partial charge on any atom is -0.491 e. The number of piperazine rings is 1. The van der Waals surface area contributed by atoms with Gasteiger partial charge in [0.1, 0.15) is 11.1 Å². The van der Waals surface area contributed by atoms with E-state index in [0.717, 1.165) is 74.6 Å². The summed E-state index contributed by atoms with van der Waals surface area (Å²) in [6.07, 6.45) is 7.63. The summed E-state index contributed by atoms with van der Waals surface area (Å²) in [5, 5.41) is 2.88. The Balaban J connectivity index is 1.31. The molecule has 35 heavy (non-hydrogen) atoms. The van der Waals surface area contributed by atoms with Crippen LogP contribution in [0.15, 0.2) is 30.6 Å². The predicted octanol–water partition coefficient (Wildman–Crippen LogP) is 3.59. The van der Waals surface area contributed by atoms with Crippen molar-refractivity contribution in [3.63, 3.8) is 0 Å². The van der Waals surface area contributed by atoms with E-state index in [1.165, 1.54) is 12.8 Å². The second-order valence-electron chi connectivity index (χ2n) is 9.61. The molecule has 3 heterocycles. The van der Waals surface area contributed by atoms with Gasteiger partial charge in [-0.2, -0.15) is 12.6 Å². The fourth-order valence-electron chi connectivity index (χ4n) is 4.97. The number of thiol groups is 1. The topological polar surface area (TPSA) is 97.4 Å². The average molecular weight is 497 g/mol. The number of anilines is 2. The molecule has 10 heteroatoms. The van der Waals surface area contributed by atoms with Crippen molar-refractivity contribution < 1.29 is 4.74 Å². The molecular formula is C25H36N8OS. The third-order valence-electron chi connectivity index (χ3n) is 7.03. The van der Waals surface area contributed by atoms with Gasteiger partial charge in [0.05, 0.1) is 18.6 Å². The molecule has 188 valence electrons. The van der Waals surface area contributed by atoms with Crippen LogP contribution in [-0.4, -0.2) is 75.7 Å². The maximum Gasteiger partial charge on any atom is 0.166 e. The molecule has 3 N–H and O–H groups in total. The molecule has 3 aromatic rings. The summed E-state index contributed by atoms with van der Waals surface area (Å²) in [4.78, 5) is 19.0. The van der Waals surface area contributed by atoms with E-state index in [-0.39, 0.29) is 0 Å². The van der Waals surface area contributed by atoms with E-state index in [1.807, 2.05) is 30.6 Å². The number of aromatic nitrogens is 4. The Labute approximate surface area is 212 Å². The second-order valence-corrected chi connectivity index (χ2v) is 10.2. The van der Waals surface area contributed by atoms with E-state index in [9.17, 15) is 0 Å².